The molecule has 6 nitrogen and oxygen atoms in total. The van der Waals surface area contributed by atoms with Crippen LogP contribution in [0, 0.1) is 12.7 Å². The molecule has 1 fully saturated rings. The maximum absolute atomic E-state index is 12.9. The van der Waals surface area contributed by atoms with E-state index in [1.807, 2.05) is 13.0 Å². The number of ether oxygens (including phenoxy) is 1. The Morgan fingerprint density at radius 2 is 1.96 bits per heavy atom. The zero-order valence-electron chi connectivity index (χ0n) is 14.1. The number of fused-ring (bicyclic) bond motifs is 1. The van der Waals surface area contributed by atoms with E-state index in [4.69, 9.17) is 4.74 Å². The summed E-state index contributed by atoms with van der Waals surface area (Å²) in [5, 5.41) is 4.28. The minimum Gasteiger partial charge on any atom is -0.373 e. The van der Waals surface area contributed by atoms with Gasteiger partial charge < -0.3 is 9.64 Å². The molecule has 3 aromatic rings. The Bertz CT molecular complexity index is 856. The third kappa shape index (κ3) is 3.46. The van der Waals surface area contributed by atoms with Gasteiger partial charge in [-0.1, -0.05) is 12.1 Å². The lowest BCUT2D eigenvalue weighted by atomic mass is 10.1. The van der Waals surface area contributed by atoms with Crippen LogP contribution in [0.1, 0.15) is 24.1 Å². The summed E-state index contributed by atoms with van der Waals surface area (Å²) < 4.78 is 20.7. The third-order valence-electron chi connectivity index (χ3n) is 4.53. The van der Waals surface area contributed by atoms with E-state index >= 15 is 0 Å². The van der Waals surface area contributed by atoms with Crippen LogP contribution in [-0.4, -0.2) is 38.8 Å². The first-order valence-electron chi connectivity index (χ1n) is 8.47. The lowest BCUT2D eigenvalue weighted by molar-refractivity contribution is 0.0250. The molecule has 0 atom stereocenters. The van der Waals surface area contributed by atoms with Gasteiger partial charge in [-0.05, 0) is 37.5 Å². The number of rotatable bonds is 4. The highest BCUT2D eigenvalue weighted by Gasteiger charge is 2.22. The minimum absolute atomic E-state index is 0.218. The Kier molecular flexibility index (Phi) is 4.31. The summed E-state index contributed by atoms with van der Waals surface area (Å²) in [7, 11) is 0. The number of halogens is 1. The van der Waals surface area contributed by atoms with Crippen LogP contribution in [0.4, 0.5) is 10.2 Å². The van der Waals surface area contributed by atoms with Gasteiger partial charge in [0.15, 0.2) is 0 Å². The molecule has 25 heavy (non-hydrogen) atoms. The van der Waals surface area contributed by atoms with Crippen LogP contribution < -0.4 is 4.90 Å². The molecule has 1 aliphatic rings. The average Bonchev–Trinajstić information content (AvgIpc) is 3.09. The van der Waals surface area contributed by atoms with Crippen LogP contribution in [0.15, 0.2) is 36.7 Å². The zero-order chi connectivity index (χ0) is 17.2. The predicted octanol–water partition coefficient (Wildman–Crippen LogP) is 2.76. The van der Waals surface area contributed by atoms with E-state index in [1.54, 1.807) is 16.6 Å². The van der Waals surface area contributed by atoms with Gasteiger partial charge >= 0.3 is 0 Å². The van der Waals surface area contributed by atoms with E-state index in [0.29, 0.717) is 12.4 Å². The Hall–Kier alpha value is -2.54. The van der Waals surface area contributed by atoms with Crippen molar-refractivity contribution in [3.8, 4) is 0 Å². The molecule has 0 aliphatic carbocycles. The second-order valence-electron chi connectivity index (χ2n) is 6.35. The minimum atomic E-state index is -0.218. The van der Waals surface area contributed by atoms with Gasteiger partial charge in [0.05, 0.1) is 12.7 Å². The molecule has 1 saturated heterocycles. The molecule has 0 bridgehead atoms. The van der Waals surface area contributed by atoms with Crippen LogP contribution in [0.5, 0.6) is 0 Å². The first kappa shape index (κ1) is 16.0. The van der Waals surface area contributed by atoms with Gasteiger partial charge in [0.2, 0.25) is 0 Å². The molecule has 0 N–H and O–H groups in total. The number of nitrogens with zero attached hydrogens (tertiary/aromatic N) is 5. The third-order valence-corrected chi connectivity index (χ3v) is 4.53. The zero-order valence-corrected chi connectivity index (χ0v) is 14.1. The van der Waals surface area contributed by atoms with E-state index in [0.717, 1.165) is 43.0 Å². The van der Waals surface area contributed by atoms with Gasteiger partial charge in [-0.3, -0.25) is 0 Å². The van der Waals surface area contributed by atoms with Crippen LogP contribution in [0.25, 0.3) is 5.78 Å². The summed E-state index contributed by atoms with van der Waals surface area (Å²) >= 11 is 0. The molecule has 0 spiro atoms. The van der Waals surface area contributed by atoms with E-state index in [1.165, 1.54) is 18.5 Å². The lowest BCUT2D eigenvalue weighted by Crippen LogP contribution is -2.38. The van der Waals surface area contributed by atoms with E-state index < -0.39 is 0 Å². The van der Waals surface area contributed by atoms with Crippen molar-refractivity contribution >= 4 is 11.6 Å². The van der Waals surface area contributed by atoms with Gasteiger partial charge in [-0.25, -0.2) is 9.37 Å². The SMILES string of the molecule is Cc1cc(N2CCC(OCc3ccc(F)cc3)CC2)n2ncnc2n1. The van der Waals surface area contributed by atoms with Gasteiger partial charge in [0.1, 0.15) is 18.0 Å². The van der Waals surface area contributed by atoms with Crippen molar-refractivity contribution < 1.29 is 9.13 Å². The second-order valence-corrected chi connectivity index (χ2v) is 6.35. The Morgan fingerprint density at radius 1 is 1.20 bits per heavy atom. The molecular formula is C18H20FN5O. The van der Waals surface area contributed by atoms with Crippen LogP contribution in [-0.2, 0) is 11.3 Å². The van der Waals surface area contributed by atoms with Crippen molar-refractivity contribution in [1.82, 2.24) is 19.6 Å². The predicted molar refractivity (Wildman–Crippen MR) is 91.9 cm³/mol. The standard InChI is InChI=1S/C18H20FN5O/c1-13-10-17(24-18(22-13)20-12-21-24)23-8-6-16(7-9-23)25-11-14-2-4-15(19)5-3-14/h2-5,10,12,16H,6-9,11H2,1H3. The van der Waals surface area contributed by atoms with E-state index in [-0.39, 0.29) is 11.9 Å². The summed E-state index contributed by atoms with van der Waals surface area (Å²) in [5.74, 6) is 1.44. The van der Waals surface area contributed by atoms with Crippen LogP contribution in [0.2, 0.25) is 0 Å². The van der Waals surface area contributed by atoms with Gasteiger partial charge in [0, 0.05) is 24.8 Å². The Labute approximate surface area is 145 Å². The van der Waals surface area contributed by atoms with Crippen molar-refractivity contribution in [3.05, 3.63) is 53.7 Å². The average molecular weight is 341 g/mol. The molecule has 0 radical (unpaired) electrons. The monoisotopic (exact) mass is 341 g/mol. The Morgan fingerprint density at radius 3 is 2.72 bits per heavy atom. The largest absolute Gasteiger partial charge is 0.373 e. The van der Waals surface area contributed by atoms with Crippen molar-refractivity contribution in [2.45, 2.75) is 32.5 Å². The molecule has 130 valence electrons. The molecule has 7 heteroatoms. The number of benzene rings is 1. The summed E-state index contributed by atoms with van der Waals surface area (Å²) in [6.45, 7) is 4.28. The first-order valence-corrected chi connectivity index (χ1v) is 8.47. The quantitative estimate of drug-likeness (QED) is 0.730. The molecule has 3 heterocycles. The van der Waals surface area contributed by atoms with Crippen molar-refractivity contribution in [2.75, 3.05) is 18.0 Å². The van der Waals surface area contributed by atoms with Gasteiger partial charge in [-0.2, -0.15) is 14.6 Å². The normalized spacial score (nSPS) is 15.8. The summed E-state index contributed by atoms with van der Waals surface area (Å²) in [6.07, 6.45) is 3.64. The highest BCUT2D eigenvalue weighted by atomic mass is 19.1. The number of piperidine rings is 1. The highest BCUT2D eigenvalue weighted by Crippen LogP contribution is 2.22. The highest BCUT2D eigenvalue weighted by molar-refractivity contribution is 5.47. The van der Waals surface area contributed by atoms with E-state index in [9.17, 15) is 4.39 Å². The summed E-state index contributed by atoms with van der Waals surface area (Å²) in [4.78, 5) is 10.9. The van der Waals surface area contributed by atoms with Gasteiger partial charge in [0.25, 0.3) is 5.78 Å². The maximum atomic E-state index is 12.9. The molecule has 2 aromatic heterocycles. The number of aromatic nitrogens is 4. The van der Waals surface area contributed by atoms with Crippen LogP contribution >= 0.6 is 0 Å². The topological polar surface area (TPSA) is 55.6 Å². The Balaban J connectivity index is 1.38. The maximum Gasteiger partial charge on any atom is 0.254 e. The van der Waals surface area contributed by atoms with E-state index in [2.05, 4.69) is 20.0 Å². The molecule has 1 aromatic carbocycles. The summed E-state index contributed by atoms with van der Waals surface area (Å²) in [5.41, 5.74) is 1.93. The van der Waals surface area contributed by atoms with Crippen molar-refractivity contribution in [2.24, 2.45) is 0 Å². The molecule has 1 aliphatic heterocycles. The fourth-order valence-corrected chi connectivity index (χ4v) is 3.18. The second kappa shape index (κ2) is 6.76. The molecule has 0 amide bonds. The lowest BCUT2D eigenvalue weighted by Gasteiger charge is -2.33. The molecule has 4 rings (SSSR count). The number of aryl methyl sites for hydroxylation is 1. The number of anilines is 1. The fourth-order valence-electron chi connectivity index (χ4n) is 3.18. The van der Waals surface area contributed by atoms with Crippen molar-refractivity contribution in [1.29, 1.82) is 0 Å². The smallest absolute Gasteiger partial charge is 0.254 e. The fraction of sp³-hybridized carbons (Fsp3) is 0.389. The molecular weight excluding hydrogens is 321 g/mol. The van der Waals surface area contributed by atoms with Gasteiger partial charge in [-0.15, -0.1) is 0 Å². The number of hydrogen-bond acceptors (Lipinski definition) is 5. The summed E-state index contributed by atoms with van der Waals surface area (Å²) in [6, 6.07) is 8.52. The van der Waals surface area contributed by atoms with Crippen molar-refractivity contribution in [3.63, 3.8) is 0 Å². The molecule has 0 saturated carbocycles. The number of hydrogen-bond donors (Lipinski definition) is 0. The van der Waals surface area contributed by atoms with Crippen LogP contribution in [0.3, 0.4) is 0 Å². The molecule has 0 unspecified atom stereocenters. The first-order chi connectivity index (χ1) is 12.2.